The van der Waals surface area contributed by atoms with Crippen molar-refractivity contribution in [2.45, 2.75) is 0 Å². The third kappa shape index (κ3) is 5.03. The number of fused-ring (bicyclic) bond motifs is 6. The highest BCUT2D eigenvalue weighted by molar-refractivity contribution is 6.09. The zero-order valence-electron chi connectivity index (χ0n) is 27.5. The van der Waals surface area contributed by atoms with Crippen molar-refractivity contribution >= 4 is 38.5 Å². The normalized spacial score (nSPS) is 11.5. The Morgan fingerprint density at radius 1 is 0.353 bits per heavy atom. The van der Waals surface area contributed by atoms with Crippen LogP contribution < -0.4 is 0 Å². The predicted octanol–water partition coefficient (Wildman–Crippen LogP) is 11.3. The molecule has 0 saturated heterocycles. The number of nitrogens with zero attached hydrogens (tertiary/aromatic N) is 5. The van der Waals surface area contributed by atoms with Gasteiger partial charge < -0.3 is 0 Å². The summed E-state index contributed by atoms with van der Waals surface area (Å²) in [4.78, 5) is 20.3. The highest BCUT2D eigenvalue weighted by Crippen LogP contribution is 2.36. The molecule has 0 N–H and O–H groups in total. The van der Waals surface area contributed by atoms with E-state index in [0.29, 0.717) is 5.82 Å². The third-order valence-electron chi connectivity index (χ3n) is 9.63. The van der Waals surface area contributed by atoms with Crippen molar-refractivity contribution in [3.8, 4) is 56.2 Å². The van der Waals surface area contributed by atoms with Crippen LogP contribution in [0.5, 0.6) is 0 Å². The minimum atomic E-state index is 0.710. The number of hydrogen-bond donors (Lipinski definition) is 0. The average molecular weight is 652 g/mol. The van der Waals surface area contributed by atoms with E-state index in [4.69, 9.17) is 19.9 Å². The molecule has 0 amide bonds. The van der Waals surface area contributed by atoms with Gasteiger partial charge in [-0.15, -0.1) is 0 Å². The number of rotatable bonds is 5. The van der Waals surface area contributed by atoms with Gasteiger partial charge in [0.05, 0.1) is 27.9 Å². The number of aromatic nitrogens is 5. The molecule has 0 atom stereocenters. The molecule has 0 aliphatic rings. The molecule has 6 aromatic carbocycles. The molecule has 10 rings (SSSR count). The van der Waals surface area contributed by atoms with Crippen LogP contribution in [0.15, 0.2) is 176 Å². The van der Waals surface area contributed by atoms with Gasteiger partial charge in [-0.25, -0.2) is 19.9 Å². The smallest absolute Gasteiger partial charge is 0.160 e. The van der Waals surface area contributed by atoms with Crippen molar-refractivity contribution in [3.63, 3.8) is 0 Å². The van der Waals surface area contributed by atoms with Crippen LogP contribution in [0.4, 0.5) is 0 Å². The van der Waals surface area contributed by atoms with E-state index in [1.54, 1.807) is 0 Å². The van der Waals surface area contributed by atoms with Crippen LogP contribution in [0.2, 0.25) is 0 Å². The summed E-state index contributed by atoms with van der Waals surface area (Å²) in [6, 6.07) is 58.8. The predicted molar refractivity (Wildman–Crippen MR) is 208 cm³/mol. The number of pyridine rings is 2. The lowest BCUT2D eigenvalue weighted by molar-refractivity contribution is 1.22. The summed E-state index contributed by atoms with van der Waals surface area (Å²) in [7, 11) is 0. The number of hydrogen-bond acceptors (Lipinski definition) is 4. The Morgan fingerprint density at radius 2 is 0.941 bits per heavy atom. The first-order valence-electron chi connectivity index (χ1n) is 17.1. The fourth-order valence-electron chi connectivity index (χ4n) is 7.09. The van der Waals surface area contributed by atoms with E-state index in [9.17, 15) is 0 Å². The standard InChI is InChI=1S/C46H29N5/c1-2-11-30(12-3-1)31-22-26-34(27-23-31)46-48-40-18-7-4-15-37(40)42(50-46)33-24-20-32(21-25-33)35-13-10-14-36(29-35)43-45-44(38-16-5-6-17-39(38)47-43)49-41-19-8-9-28-51(41)45/h1-29H. The summed E-state index contributed by atoms with van der Waals surface area (Å²) in [6.45, 7) is 0. The first-order valence-corrected chi connectivity index (χ1v) is 17.1. The van der Waals surface area contributed by atoms with Gasteiger partial charge in [-0.2, -0.15) is 0 Å². The zero-order chi connectivity index (χ0) is 33.7. The molecule has 0 fully saturated rings. The molecule has 0 spiro atoms. The number of para-hydroxylation sites is 2. The van der Waals surface area contributed by atoms with Crippen LogP contribution in [0.25, 0.3) is 94.6 Å². The summed E-state index contributed by atoms with van der Waals surface area (Å²) >= 11 is 0. The third-order valence-corrected chi connectivity index (χ3v) is 9.63. The molecular formula is C46H29N5. The molecule has 0 aliphatic carbocycles. The first-order chi connectivity index (χ1) is 25.3. The van der Waals surface area contributed by atoms with Gasteiger partial charge in [0.15, 0.2) is 5.82 Å². The highest BCUT2D eigenvalue weighted by Gasteiger charge is 2.17. The molecule has 238 valence electrons. The summed E-state index contributed by atoms with van der Waals surface area (Å²) in [6.07, 6.45) is 2.06. The van der Waals surface area contributed by atoms with E-state index in [1.807, 2.05) is 48.5 Å². The number of benzene rings is 6. The van der Waals surface area contributed by atoms with Gasteiger partial charge >= 0.3 is 0 Å². The maximum Gasteiger partial charge on any atom is 0.160 e. The number of imidazole rings is 1. The van der Waals surface area contributed by atoms with Gasteiger partial charge in [0.25, 0.3) is 0 Å². The van der Waals surface area contributed by atoms with Crippen molar-refractivity contribution in [2.75, 3.05) is 0 Å². The second kappa shape index (κ2) is 11.9. The molecule has 51 heavy (non-hydrogen) atoms. The van der Waals surface area contributed by atoms with Crippen molar-refractivity contribution in [1.29, 1.82) is 0 Å². The van der Waals surface area contributed by atoms with Gasteiger partial charge in [-0.05, 0) is 52.6 Å². The Balaban J connectivity index is 1.04. The molecule has 5 nitrogen and oxygen atoms in total. The minimum Gasteiger partial charge on any atom is -0.298 e. The molecule has 0 aliphatic heterocycles. The molecule has 0 bridgehead atoms. The Labute approximate surface area is 294 Å². The van der Waals surface area contributed by atoms with Crippen molar-refractivity contribution in [3.05, 3.63) is 176 Å². The summed E-state index contributed by atoms with van der Waals surface area (Å²) < 4.78 is 2.14. The van der Waals surface area contributed by atoms with Crippen LogP contribution in [0.1, 0.15) is 0 Å². The van der Waals surface area contributed by atoms with E-state index in [0.717, 1.165) is 77.7 Å². The molecule has 5 heteroatoms. The van der Waals surface area contributed by atoms with Crippen LogP contribution in [0, 0.1) is 0 Å². The topological polar surface area (TPSA) is 56.0 Å². The van der Waals surface area contributed by atoms with Gasteiger partial charge in [-0.3, -0.25) is 4.40 Å². The van der Waals surface area contributed by atoms with Crippen LogP contribution in [-0.2, 0) is 0 Å². The maximum absolute atomic E-state index is 5.19. The monoisotopic (exact) mass is 651 g/mol. The Bertz CT molecular complexity index is 2890. The summed E-state index contributed by atoms with van der Waals surface area (Å²) in [5, 5.41) is 2.08. The van der Waals surface area contributed by atoms with E-state index in [2.05, 4.69) is 132 Å². The fourth-order valence-corrected chi connectivity index (χ4v) is 7.09. The van der Waals surface area contributed by atoms with Crippen molar-refractivity contribution in [1.82, 2.24) is 24.3 Å². The van der Waals surface area contributed by atoms with E-state index in [-0.39, 0.29) is 0 Å². The zero-order valence-corrected chi connectivity index (χ0v) is 27.5. The van der Waals surface area contributed by atoms with Crippen molar-refractivity contribution < 1.29 is 0 Å². The fraction of sp³-hybridized carbons (Fsp3) is 0. The Morgan fingerprint density at radius 3 is 1.75 bits per heavy atom. The quantitative estimate of drug-likeness (QED) is 0.186. The SMILES string of the molecule is c1ccc(-c2ccc(-c3nc(-c4ccc(-c5cccc(-c6nc7ccccc7c7nc8ccccn8c67)c5)cc4)c4ccccc4n3)cc2)cc1. The van der Waals surface area contributed by atoms with E-state index in [1.165, 1.54) is 11.1 Å². The molecule has 10 aromatic rings. The van der Waals surface area contributed by atoms with Crippen LogP contribution >= 0.6 is 0 Å². The summed E-state index contributed by atoms with van der Waals surface area (Å²) in [5.74, 6) is 0.710. The second-order valence-electron chi connectivity index (χ2n) is 12.7. The van der Waals surface area contributed by atoms with Gasteiger partial charge in [-0.1, -0.05) is 140 Å². The highest BCUT2D eigenvalue weighted by atomic mass is 15.0. The molecular weight excluding hydrogens is 623 g/mol. The first kappa shape index (κ1) is 29.0. The summed E-state index contributed by atoms with van der Waals surface area (Å²) in [5.41, 5.74) is 14.2. The maximum atomic E-state index is 5.19. The van der Waals surface area contributed by atoms with Gasteiger partial charge in [0.2, 0.25) is 0 Å². The van der Waals surface area contributed by atoms with E-state index >= 15 is 0 Å². The van der Waals surface area contributed by atoms with Gasteiger partial charge in [0.1, 0.15) is 11.2 Å². The molecule has 0 saturated carbocycles. The lowest BCUT2D eigenvalue weighted by atomic mass is 9.98. The second-order valence-corrected chi connectivity index (χ2v) is 12.7. The Hall–Kier alpha value is -6.98. The van der Waals surface area contributed by atoms with Crippen LogP contribution in [0.3, 0.4) is 0 Å². The van der Waals surface area contributed by atoms with Gasteiger partial charge in [0, 0.05) is 33.7 Å². The minimum absolute atomic E-state index is 0.710. The molecule has 4 aromatic heterocycles. The average Bonchev–Trinajstić information content (AvgIpc) is 3.61. The van der Waals surface area contributed by atoms with E-state index < -0.39 is 0 Å². The lowest BCUT2D eigenvalue weighted by Crippen LogP contribution is -1.95. The molecule has 4 heterocycles. The Kier molecular flexibility index (Phi) is 6.74. The molecule has 0 radical (unpaired) electrons. The lowest BCUT2D eigenvalue weighted by Gasteiger charge is -2.11. The van der Waals surface area contributed by atoms with Crippen molar-refractivity contribution in [2.24, 2.45) is 0 Å². The molecule has 0 unspecified atom stereocenters. The largest absolute Gasteiger partial charge is 0.298 e. The van der Waals surface area contributed by atoms with Crippen LogP contribution in [-0.4, -0.2) is 24.3 Å².